The number of esters is 1. The Balaban J connectivity index is 1.65. The van der Waals surface area contributed by atoms with Crippen LogP contribution in [-0.4, -0.2) is 48.0 Å². The Labute approximate surface area is 197 Å². The molecule has 0 unspecified atom stereocenters. The molecule has 0 saturated carbocycles. The van der Waals surface area contributed by atoms with Gasteiger partial charge in [0.15, 0.2) is 11.5 Å². The number of hydrogen-bond acceptors (Lipinski definition) is 7. The quantitative estimate of drug-likeness (QED) is 0.288. The van der Waals surface area contributed by atoms with Gasteiger partial charge >= 0.3 is 5.97 Å². The maximum absolute atomic E-state index is 12.7. The molecule has 8 heteroatoms. The summed E-state index contributed by atoms with van der Waals surface area (Å²) in [6.07, 6.45) is 3.24. The zero-order valence-corrected chi connectivity index (χ0v) is 19.7. The van der Waals surface area contributed by atoms with E-state index in [1.54, 1.807) is 19.3 Å². The van der Waals surface area contributed by atoms with E-state index >= 15 is 0 Å². The number of carbonyl (C=O) groups is 2. The molecule has 2 aromatic rings. The smallest absolute Gasteiger partial charge is 0.326 e. The van der Waals surface area contributed by atoms with Gasteiger partial charge in [-0.1, -0.05) is 67.3 Å². The van der Waals surface area contributed by atoms with Crippen molar-refractivity contribution in [2.24, 2.45) is 0 Å². The second-order valence-corrected chi connectivity index (χ2v) is 8.66. The zero-order chi connectivity index (χ0) is 22.9. The van der Waals surface area contributed by atoms with Crippen LogP contribution >= 0.6 is 24.0 Å². The molecule has 1 aliphatic rings. The van der Waals surface area contributed by atoms with E-state index in [2.05, 4.69) is 12.1 Å². The standard InChI is InChI=1S/C24H25NO5S2/c1-3-12-30-22(26)16-25-23(27)21(32-24(25)31)15-18-9-10-19(20(14-18)28-2)29-13-11-17-7-5-4-6-8-17/h4-10,14-15H,3,11-13,16H2,1-2H3/b21-15-. The Kier molecular flexibility index (Phi) is 8.70. The van der Waals surface area contributed by atoms with Gasteiger partial charge in [-0.2, -0.15) is 0 Å². The van der Waals surface area contributed by atoms with Crippen LogP contribution in [0.1, 0.15) is 24.5 Å². The molecule has 0 radical (unpaired) electrons. The molecule has 1 saturated heterocycles. The summed E-state index contributed by atoms with van der Waals surface area (Å²) in [6, 6.07) is 15.6. The number of thiocarbonyl (C=S) groups is 1. The molecule has 1 aliphatic heterocycles. The van der Waals surface area contributed by atoms with E-state index in [1.807, 2.05) is 37.3 Å². The summed E-state index contributed by atoms with van der Waals surface area (Å²) in [5, 5.41) is 0. The maximum atomic E-state index is 12.7. The molecule has 0 aromatic heterocycles. The molecule has 0 bridgehead atoms. The van der Waals surface area contributed by atoms with Gasteiger partial charge in [0.2, 0.25) is 0 Å². The molecule has 0 spiro atoms. The number of thioether (sulfide) groups is 1. The van der Waals surface area contributed by atoms with E-state index in [0.29, 0.717) is 33.9 Å². The van der Waals surface area contributed by atoms with Crippen molar-refractivity contribution in [3.63, 3.8) is 0 Å². The number of methoxy groups -OCH3 is 1. The van der Waals surface area contributed by atoms with Crippen LogP contribution < -0.4 is 9.47 Å². The van der Waals surface area contributed by atoms with Crippen LogP contribution in [0.5, 0.6) is 11.5 Å². The number of hydrogen-bond donors (Lipinski definition) is 0. The van der Waals surface area contributed by atoms with Gasteiger partial charge in [-0.25, -0.2) is 0 Å². The Bertz CT molecular complexity index is 1010. The third-order valence-electron chi connectivity index (χ3n) is 4.60. The Morgan fingerprint density at radius 2 is 1.91 bits per heavy atom. The van der Waals surface area contributed by atoms with E-state index in [1.165, 1.54) is 10.5 Å². The SMILES string of the molecule is CCCOC(=O)CN1C(=O)/C(=C/c2ccc(OCCc3ccccc3)c(OC)c2)SC1=S. The first-order chi connectivity index (χ1) is 15.5. The first kappa shape index (κ1) is 23.8. The molecule has 0 aliphatic carbocycles. The normalized spacial score (nSPS) is 14.7. The molecule has 0 atom stereocenters. The highest BCUT2D eigenvalue weighted by Gasteiger charge is 2.33. The van der Waals surface area contributed by atoms with Crippen molar-refractivity contribution >= 4 is 46.3 Å². The molecular weight excluding hydrogens is 446 g/mol. The predicted molar refractivity (Wildman–Crippen MR) is 130 cm³/mol. The summed E-state index contributed by atoms with van der Waals surface area (Å²) < 4.78 is 16.8. The second kappa shape index (κ2) is 11.7. The van der Waals surface area contributed by atoms with E-state index in [0.717, 1.165) is 30.2 Å². The molecular formula is C24H25NO5S2. The second-order valence-electron chi connectivity index (χ2n) is 6.98. The van der Waals surface area contributed by atoms with Crippen LogP contribution in [0.3, 0.4) is 0 Å². The Hall–Kier alpha value is -2.84. The summed E-state index contributed by atoms with van der Waals surface area (Å²) in [5.41, 5.74) is 1.97. The molecule has 2 aromatic carbocycles. The first-order valence-corrected chi connectivity index (χ1v) is 11.5. The van der Waals surface area contributed by atoms with Crippen molar-refractivity contribution < 1.29 is 23.8 Å². The lowest BCUT2D eigenvalue weighted by Crippen LogP contribution is -2.34. The largest absolute Gasteiger partial charge is 0.493 e. The molecule has 1 fully saturated rings. The molecule has 168 valence electrons. The van der Waals surface area contributed by atoms with Crippen LogP contribution in [0, 0.1) is 0 Å². The van der Waals surface area contributed by atoms with Crippen molar-refractivity contribution in [1.29, 1.82) is 0 Å². The average molecular weight is 472 g/mol. The van der Waals surface area contributed by atoms with Crippen molar-refractivity contribution in [3.05, 3.63) is 64.6 Å². The number of nitrogens with zero attached hydrogens (tertiary/aromatic N) is 1. The lowest BCUT2D eigenvalue weighted by Gasteiger charge is -2.13. The molecule has 6 nitrogen and oxygen atoms in total. The van der Waals surface area contributed by atoms with Gasteiger partial charge < -0.3 is 14.2 Å². The minimum absolute atomic E-state index is 0.181. The fourth-order valence-electron chi connectivity index (χ4n) is 3.00. The van der Waals surface area contributed by atoms with Crippen LogP contribution in [-0.2, 0) is 20.7 Å². The fraction of sp³-hybridized carbons (Fsp3) is 0.292. The predicted octanol–water partition coefficient (Wildman–Crippen LogP) is 4.47. The molecule has 1 amide bonds. The van der Waals surface area contributed by atoms with Crippen LogP contribution in [0.2, 0.25) is 0 Å². The lowest BCUT2D eigenvalue weighted by atomic mass is 10.1. The minimum atomic E-state index is -0.469. The first-order valence-electron chi connectivity index (χ1n) is 10.3. The van der Waals surface area contributed by atoms with Crippen LogP contribution in [0.15, 0.2) is 53.4 Å². The van der Waals surface area contributed by atoms with Gasteiger partial charge in [0.05, 0.1) is 25.2 Å². The molecule has 3 rings (SSSR count). The minimum Gasteiger partial charge on any atom is -0.493 e. The van der Waals surface area contributed by atoms with Crippen molar-refractivity contribution in [2.45, 2.75) is 19.8 Å². The van der Waals surface area contributed by atoms with Gasteiger partial charge in [0.25, 0.3) is 5.91 Å². The zero-order valence-electron chi connectivity index (χ0n) is 18.0. The highest BCUT2D eigenvalue weighted by molar-refractivity contribution is 8.26. The van der Waals surface area contributed by atoms with Crippen LogP contribution in [0.25, 0.3) is 6.08 Å². The number of amides is 1. The van der Waals surface area contributed by atoms with Crippen molar-refractivity contribution in [2.75, 3.05) is 26.9 Å². The highest BCUT2D eigenvalue weighted by Crippen LogP contribution is 2.34. The lowest BCUT2D eigenvalue weighted by molar-refractivity contribution is -0.146. The van der Waals surface area contributed by atoms with Crippen molar-refractivity contribution in [1.82, 2.24) is 4.90 Å². The summed E-state index contributed by atoms with van der Waals surface area (Å²) in [4.78, 5) is 26.3. The van der Waals surface area contributed by atoms with Crippen molar-refractivity contribution in [3.8, 4) is 11.5 Å². The van der Waals surface area contributed by atoms with Gasteiger partial charge in [0.1, 0.15) is 10.9 Å². The molecule has 0 N–H and O–H groups in total. The average Bonchev–Trinajstić information content (AvgIpc) is 3.06. The maximum Gasteiger partial charge on any atom is 0.326 e. The molecule has 32 heavy (non-hydrogen) atoms. The van der Waals surface area contributed by atoms with E-state index in [9.17, 15) is 9.59 Å². The summed E-state index contributed by atoms with van der Waals surface area (Å²) in [6.45, 7) is 2.57. The summed E-state index contributed by atoms with van der Waals surface area (Å²) >= 11 is 6.43. The fourth-order valence-corrected chi connectivity index (χ4v) is 4.25. The van der Waals surface area contributed by atoms with Crippen LogP contribution in [0.4, 0.5) is 0 Å². The van der Waals surface area contributed by atoms with Gasteiger partial charge in [0, 0.05) is 6.42 Å². The Morgan fingerprint density at radius 1 is 1.12 bits per heavy atom. The third kappa shape index (κ3) is 6.34. The summed E-state index contributed by atoms with van der Waals surface area (Å²) in [5.74, 6) is 0.427. The monoisotopic (exact) mass is 471 g/mol. The number of benzene rings is 2. The van der Waals surface area contributed by atoms with Gasteiger partial charge in [-0.15, -0.1) is 0 Å². The van der Waals surface area contributed by atoms with E-state index in [-0.39, 0.29) is 12.5 Å². The highest BCUT2D eigenvalue weighted by atomic mass is 32.2. The summed E-state index contributed by atoms with van der Waals surface area (Å²) in [7, 11) is 1.57. The number of ether oxygens (including phenoxy) is 3. The number of rotatable bonds is 10. The van der Waals surface area contributed by atoms with E-state index < -0.39 is 5.97 Å². The van der Waals surface area contributed by atoms with E-state index in [4.69, 9.17) is 26.4 Å². The number of carbonyl (C=O) groups excluding carboxylic acids is 2. The third-order valence-corrected chi connectivity index (χ3v) is 5.98. The van der Waals surface area contributed by atoms with Gasteiger partial charge in [-0.05, 0) is 35.8 Å². The van der Waals surface area contributed by atoms with Gasteiger partial charge in [-0.3, -0.25) is 14.5 Å². The molecule has 1 heterocycles. The topological polar surface area (TPSA) is 65.1 Å². The Morgan fingerprint density at radius 3 is 2.62 bits per heavy atom.